The summed E-state index contributed by atoms with van der Waals surface area (Å²) in [5, 5.41) is 2.73. The summed E-state index contributed by atoms with van der Waals surface area (Å²) in [6.07, 6.45) is -0.214. The molecule has 136 valence electrons. The Hall–Kier alpha value is -3.22. The summed E-state index contributed by atoms with van der Waals surface area (Å²) in [6, 6.07) is 10.5. The number of carbonyl (C=O) groups excluding carboxylic acids is 2. The highest BCUT2D eigenvalue weighted by molar-refractivity contribution is 6.03. The molecule has 1 unspecified atom stereocenters. The topological polar surface area (TPSA) is 83.1 Å². The van der Waals surface area contributed by atoms with Crippen molar-refractivity contribution >= 4 is 17.6 Å². The number of amides is 1. The van der Waals surface area contributed by atoms with Crippen LogP contribution in [0.4, 0.5) is 5.69 Å². The maximum Gasteiger partial charge on any atom is 0.340 e. The van der Waals surface area contributed by atoms with Crippen molar-refractivity contribution < 1.29 is 28.5 Å². The maximum atomic E-state index is 12.6. The fourth-order valence-electron chi connectivity index (χ4n) is 2.80. The zero-order valence-corrected chi connectivity index (χ0v) is 14.7. The van der Waals surface area contributed by atoms with Crippen molar-refractivity contribution in [1.29, 1.82) is 0 Å². The van der Waals surface area contributed by atoms with Crippen molar-refractivity contribution in [3.8, 4) is 17.2 Å². The maximum absolute atomic E-state index is 12.6. The number of rotatable bonds is 5. The summed E-state index contributed by atoms with van der Waals surface area (Å²) >= 11 is 0. The first kappa shape index (κ1) is 17.6. The predicted molar refractivity (Wildman–Crippen MR) is 94.1 cm³/mol. The molecular formula is C19H19NO6. The van der Waals surface area contributed by atoms with Crippen molar-refractivity contribution in [3.05, 3.63) is 47.5 Å². The Morgan fingerprint density at radius 1 is 1.08 bits per heavy atom. The minimum atomic E-state index is -0.675. The lowest BCUT2D eigenvalue weighted by atomic mass is 10.1. The highest BCUT2D eigenvalue weighted by atomic mass is 16.5. The SMILES string of the molecule is COC(=O)c1cc(OC)c(OC)cc1NC(=O)C1Cc2ccccc2O1. The van der Waals surface area contributed by atoms with Crippen LogP contribution < -0.4 is 19.5 Å². The minimum absolute atomic E-state index is 0.161. The normalized spacial score (nSPS) is 14.8. The Morgan fingerprint density at radius 2 is 1.77 bits per heavy atom. The number of ether oxygens (including phenoxy) is 4. The molecule has 0 bridgehead atoms. The molecule has 3 rings (SSSR count). The highest BCUT2D eigenvalue weighted by Gasteiger charge is 2.30. The molecule has 7 heteroatoms. The predicted octanol–water partition coefficient (Wildman–Crippen LogP) is 2.43. The molecule has 1 N–H and O–H groups in total. The van der Waals surface area contributed by atoms with Gasteiger partial charge in [-0.25, -0.2) is 4.79 Å². The van der Waals surface area contributed by atoms with Crippen molar-refractivity contribution in [2.24, 2.45) is 0 Å². The molecule has 0 radical (unpaired) electrons. The van der Waals surface area contributed by atoms with Crippen molar-refractivity contribution in [2.45, 2.75) is 12.5 Å². The largest absolute Gasteiger partial charge is 0.493 e. The molecule has 1 heterocycles. The van der Waals surface area contributed by atoms with Crippen LogP contribution in [0, 0.1) is 0 Å². The number of fused-ring (bicyclic) bond motifs is 1. The smallest absolute Gasteiger partial charge is 0.340 e. The summed E-state index contributed by atoms with van der Waals surface area (Å²) in [7, 11) is 4.19. The van der Waals surface area contributed by atoms with E-state index in [0.717, 1.165) is 5.56 Å². The first-order chi connectivity index (χ1) is 12.6. The van der Waals surface area contributed by atoms with Crippen LogP contribution in [-0.4, -0.2) is 39.3 Å². The van der Waals surface area contributed by atoms with Gasteiger partial charge in [0.05, 0.1) is 32.6 Å². The third-order valence-corrected chi connectivity index (χ3v) is 4.13. The average molecular weight is 357 g/mol. The minimum Gasteiger partial charge on any atom is -0.493 e. The van der Waals surface area contributed by atoms with E-state index in [1.54, 1.807) is 0 Å². The summed E-state index contributed by atoms with van der Waals surface area (Å²) in [4.78, 5) is 24.7. The Labute approximate surface area is 150 Å². The second kappa shape index (κ2) is 7.35. The average Bonchev–Trinajstić information content (AvgIpc) is 3.11. The number of methoxy groups -OCH3 is 3. The van der Waals surface area contributed by atoms with Crippen LogP contribution in [0.5, 0.6) is 17.2 Å². The second-order valence-electron chi connectivity index (χ2n) is 5.65. The van der Waals surface area contributed by atoms with E-state index in [4.69, 9.17) is 18.9 Å². The Morgan fingerprint density at radius 3 is 2.42 bits per heavy atom. The van der Waals surface area contributed by atoms with Crippen LogP contribution in [0.15, 0.2) is 36.4 Å². The molecule has 1 atom stereocenters. The van der Waals surface area contributed by atoms with E-state index in [-0.39, 0.29) is 17.2 Å². The lowest BCUT2D eigenvalue weighted by Crippen LogP contribution is -2.32. The summed E-state index contributed by atoms with van der Waals surface area (Å²) in [5.74, 6) is 0.463. The molecule has 2 aromatic rings. The third kappa shape index (κ3) is 3.28. The number of benzene rings is 2. The van der Waals surface area contributed by atoms with Gasteiger partial charge in [-0.05, 0) is 11.6 Å². The molecule has 1 aliphatic rings. The van der Waals surface area contributed by atoms with Crippen LogP contribution in [-0.2, 0) is 16.0 Å². The van der Waals surface area contributed by atoms with Crippen LogP contribution in [0.25, 0.3) is 0 Å². The van der Waals surface area contributed by atoms with E-state index in [9.17, 15) is 9.59 Å². The molecule has 7 nitrogen and oxygen atoms in total. The van der Waals surface area contributed by atoms with E-state index in [1.807, 2.05) is 24.3 Å². The summed E-state index contributed by atoms with van der Waals surface area (Å²) < 4.78 is 20.9. The van der Waals surface area contributed by atoms with Gasteiger partial charge in [0.2, 0.25) is 0 Å². The molecule has 2 aromatic carbocycles. The lowest BCUT2D eigenvalue weighted by molar-refractivity contribution is -0.122. The van der Waals surface area contributed by atoms with E-state index >= 15 is 0 Å². The Kier molecular flexibility index (Phi) is 4.97. The number of esters is 1. The number of carbonyl (C=O) groups is 2. The van der Waals surface area contributed by atoms with Crippen molar-refractivity contribution in [1.82, 2.24) is 0 Å². The number of hydrogen-bond donors (Lipinski definition) is 1. The van der Waals surface area contributed by atoms with Gasteiger partial charge in [-0.1, -0.05) is 18.2 Å². The third-order valence-electron chi connectivity index (χ3n) is 4.13. The Bertz CT molecular complexity index is 823. The van der Waals surface area contributed by atoms with E-state index < -0.39 is 12.1 Å². The van der Waals surface area contributed by atoms with E-state index in [0.29, 0.717) is 23.7 Å². The number of nitrogens with one attached hydrogen (secondary N) is 1. The van der Waals surface area contributed by atoms with Crippen LogP contribution in [0.3, 0.4) is 0 Å². The van der Waals surface area contributed by atoms with Gasteiger partial charge in [-0.3, -0.25) is 4.79 Å². The zero-order valence-electron chi connectivity index (χ0n) is 14.7. The van der Waals surface area contributed by atoms with Gasteiger partial charge >= 0.3 is 5.97 Å². The van der Waals surface area contributed by atoms with Gasteiger partial charge in [0.25, 0.3) is 5.91 Å². The first-order valence-electron chi connectivity index (χ1n) is 7.97. The quantitative estimate of drug-likeness (QED) is 0.828. The summed E-state index contributed by atoms with van der Waals surface area (Å²) in [6.45, 7) is 0. The Balaban J connectivity index is 1.86. The monoisotopic (exact) mass is 357 g/mol. The van der Waals surface area contributed by atoms with Crippen molar-refractivity contribution in [2.75, 3.05) is 26.6 Å². The van der Waals surface area contributed by atoms with Crippen LogP contribution in [0.1, 0.15) is 15.9 Å². The molecule has 0 saturated carbocycles. The molecule has 1 amide bonds. The number of anilines is 1. The second-order valence-corrected chi connectivity index (χ2v) is 5.65. The zero-order chi connectivity index (χ0) is 18.7. The standard InChI is InChI=1S/C19H19NO6/c1-23-15-9-12(19(22)25-3)13(10-16(15)24-2)20-18(21)17-8-11-6-4-5-7-14(11)26-17/h4-7,9-10,17H,8H2,1-3H3,(H,20,21). The molecule has 0 fully saturated rings. The van der Waals surface area contributed by atoms with Crippen molar-refractivity contribution in [3.63, 3.8) is 0 Å². The van der Waals surface area contributed by atoms with Gasteiger partial charge in [0, 0.05) is 18.6 Å². The highest BCUT2D eigenvalue weighted by Crippen LogP contribution is 2.34. The molecular weight excluding hydrogens is 338 g/mol. The number of para-hydroxylation sites is 1. The van der Waals surface area contributed by atoms with E-state index in [2.05, 4.69) is 5.32 Å². The number of hydrogen-bond acceptors (Lipinski definition) is 6. The van der Waals surface area contributed by atoms with Gasteiger partial charge in [-0.15, -0.1) is 0 Å². The fraction of sp³-hybridized carbons (Fsp3) is 0.263. The fourth-order valence-corrected chi connectivity index (χ4v) is 2.80. The van der Waals surface area contributed by atoms with Crippen LogP contribution >= 0.6 is 0 Å². The lowest BCUT2D eigenvalue weighted by Gasteiger charge is -2.16. The van der Waals surface area contributed by atoms with Crippen LogP contribution in [0.2, 0.25) is 0 Å². The van der Waals surface area contributed by atoms with E-state index in [1.165, 1.54) is 33.5 Å². The molecule has 26 heavy (non-hydrogen) atoms. The first-order valence-corrected chi connectivity index (χ1v) is 7.97. The van der Waals surface area contributed by atoms with Gasteiger partial charge in [0.1, 0.15) is 5.75 Å². The summed E-state index contributed by atoms with van der Waals surface area (Å²) in [5.41, 5.74) is 1.39. The molecule has 0 spiro atoms. The van der Waals surface area contributed by atoms with Gasteiger partial charge in [0.15, 0.2) is 17.6 Å². The molecule has 1 aliphatic heterocycles. The van der Waals surface area contributed by atoms with Gasteiger partial charge < -0.3 is 24.3 Å². The molecule has 0 saturated heterocycles. The van der Waals surface area contributed by atoms with Gasteiger partial charge in [-0.2, -0.15) is 0 Å². The molecule has 0 aromatic heterocycles. The molecule has 0 aliphatic carbocycles.